The lowest BCUT2D eigenvalue weighted by Gasteiger charge is -2.20. The van der Waals surface area contributed by atoms with Crippen molar-refractivity contribution in [2.45, 2.75) is 37.8 Å². The number of nitrogens with zero attached hydrogens (tertiary/aromatic N) is 2. The fourth-order valence-electron chi connectivity index (χ4n) is 2.75. The summed E-state index contributed by atoms with van der Waals surface area (Å²) < 4.78 is 0. The number of carbonyl (C=O) groups is 1. The Labute approximate surface area is 101 Å². The molecule has 3 rings (SSSR count). The van der Waals surface area contributed by atoms with Gasteiger partial charge in [-0.05, 0) is 18.4 Å². The summed E-state index contributed by atoms with van der Waals surface area (Å²) in [5.41, 5.74) is 0.761. The first-order chi connectivity index (χ1) is 8.30. The lowest BCUT2D eigenvalue weighted by atomic mass is 9.98. The van der Waals surface area contributed by atoms with Crippen molar-refractivity contribution in [3.8, 4) is 0 Å². The van der Waals surface area contributed by atoms with E-state index in [-0.39, 0.29) is 5.91 Å². The highest BCUT2D eigenvalue weighted by atomic mass is 16.2. The van der Waals surface area contributed by atoms with Crippen molar-refractivity contribution in [2.24, 2.45) is 4.99 Å². The fourth-order valence-corrected chi connectivity index (χ4v) is 2.75. The first kappa shape index (κ1) is 10.5. The number of amides is 1. The lowest BCUT2D eigenvalue weighted by molar-refractivity contribution is -0.131. The minimum atomic E-state index is -0.394. The molecule has 1 aromatic carbocycles. The second-order valence-corrected chi connectivity index (χ2v) is 4.90. The Morgan fingerprint density at radius 3 is 2.59 bits per heavy atom. The van der Waals surface area contributed by atoms with Crippen LogP contribution < -0.4 is 0 Å². The van der Waals surface area contributed by atoms with Crippen LogP contribution in [0.25, 0.3) is 0 Å². The van der Waals surface area contributed by atoms with Crippen LogP contribution in [0.5, 0.6) is 0 Å². The van der Waals surface area contributed by atoms with Gasteiger partial charge < -0.3 is 0 Å². The highest BCUT2D eigenvalue weighted by molar-refractivity contribution is 6.00. The fraction of sp³-hybridized carbons (Fsp3) is 0.429. The SMILES string of the molecule is O=C1N(Cc2ccccc2)C=NC12CCCC2. The van der Waals surface area contributed by atoms with Crippen LogP contribution in [-0.4, -0.2) is 22.7 Å². The summed E-state index contributed by atoms with van der Waals surface area (Å²) in [5.74, 6) is 0.193. The molecule has 17 heavy (non-hydrogen) atoms. The Morgan fingerprint density at radius 2 is 1.88 bits per heavy atom. The van der Waals surface area contributed by atoms with Gasteiger partial charge in [0.1, 0.15) is 5.54 Å². The molecule has 1 aromatic rings. The summed E-state index contributed by atoms with van der Waals surface area (Å²) in [5, 5.41) is 0. The molecule has 1 spiro atoms. The Hall–Kier alpha value is -1.64. The summed E-state index contributed by atoms with van der Waals surface area (Å²) in [4.78, 5) is 18.6. The van der Waals surface area contributed by atoms with Crippen molar-refractivity contribution in [3.63, 3.8) is 0 Å². The highest BCUT2D eigenvalue weighted by Gasteiger charge is 2.46. The van der Waals surface area contributed by atoms with Crippen LogP contribution in [0.15, 0.2) is 35.3 Å². The average Bonchev–Trinajstić information content (AvgIpc) is 2.95. The standard InChI is InChI=1S/C14H16N2O/c17-13-14(8-4-5-9-14)15-11-16(13)10-12-6-2-1-3-7-12/h1-3,6-7,11H,4-5,8-10H2. The summed E-state index contributed by atoms with van der Waals surface area (Å²) in [7, 11) is 0. The van der Waals surface area contributed by atoms with Gasteiger partial charge in [-0.15, -0.1) is 0 Å². The van der Waals surface area contributed by atoms with Gasteiger partial charge in [0.2, 0.25) is 0 Å². The number of carbonyl (C=O) groups excluding carboxylic acids is 1. The molecule has 1 heterocycles. The van der Waals surface area contributed by atoms with Crippen molar-refractivity contribution < 1.29 is 4.79 Å². The van der Waals surface area contributed by atoms with E-state index >= 15 is 0 Å². The summed E-state index contributed by atoms with van der Waals surface area (Å²) in [6, 6.07) is 10.1. The number of hydrogen-bond donors (Lipinski definition) is 0. The van der Waals surface area contributed by atoms with Crippen LogP contribution in [0.3, 0.4) is 0 Å². The zero-order valence-corrected chi connectivity index (χ0v) is 9.80. The number of rotatable bonds is 2. The molecule has 0 radical (unpaired) electrons. The molecule has 0 unspecified atom stereocenters. The third-order valence-corrected chi connectivity index (χ3v) is 3.73. The van der Waals surface area contributed by atoms with E-state index in [0.717, 1.165) is 31.2 Å². The van der Waals surface area contributed by atoms with Gasteiger partial charge in [-0.25, -0.2) is 0 Å². The molecule has 0 N–H and O–H groups in total. The summed E-state index contributed by atoms with van der Waals surface area (Å²) in [6.45, 7) is 0.644. The maximum atomic E-state index is 12.3. The zero-order chi connectivity index (χ0) is 11.7. The van der Waals surface area contributed by atoms with Gasteiger partial charge in [-0.1, -0.05) is 43.2 Å². The Morgan fingerprint density at radius 1 is 1.18 bits per heavy atom. The molecule has 88 valence electrons. The molecule has 0 aromatic heterocycles. The van der Waals surface area contributed by atoms with Gasteiger partial charge >= 0.3 is 0 Å². The average molecular weight is 228 g/mol. The van der Waals surface area contributed by atoms with E-state index in [1.165, 1.54) is 0 Å². The molecule has 3 nitrogen and oxygen atoms in total. The van der Waals surface area contributed by atoms with E-state index in [4.69, 9.17) is 0 Å². The smallest absolute Gasteiger partial charge is 0.255 e. The van der Waals surface area contributed by atoms with Crippen molar-refractivity contribution >= 4 is 12.2 Å². The van der Waals surface area contributed by atoms with Crippen LogP contribution >= 0.6 is 0 Å². The van der Waals surface area contributed by atoms with Crippen LogP contribution in [0.2, 0.25) is 0 Å². The molecule has 1 aliphatic carbocycles. The van der Waals surface area contributed by atoms with Crippen molar-refractivity contribution in [1.29, 1.82) is 0 Å². The predicted molar refractivity (Wildman–Crippen MR) is 66.7 cm³/mol. The summed E-state index contributed by atoms with van der Waals surface area (Å²) >= 11 is 0. The largest absolute Gasteiger partial charge is 0.297 e. The van der Waals surface area contributed by atoms with E-state index < -0.39 is 5.54 Å². The third-order valence-electron chi connectivity index (χ3n) is 3.73. The van der Waals surface area contributed by atoms with Gasteiger partial charge in [0.15, 0.2) is 0 Å². The molecule has 1 fully saturated rings. The van der Waals surface area contributed by atoms with E-state index in [2.05, 4.69) is 4.99 Å². The second-order valence-electron chi connectivity index (χ2n) is 4.90. The number of aliphatic imine (C=N–C) groups is 1. The quantitative estimate of drug-likeness (QED) is 0.765. The van der Waals surface area contributed by atoms with Crippen molar-refractivity contribution in [3.05, 3.63) is 35.9 Å². The Bertz CT molecular complexity index is 447. The first-order valence-electron chi connectivity index (χ1n) is 6.21. The van der Waals surface area contributed by atoms with E-state index in [1.54, 1.807) is 11.2 Å². The van der Waals surface area contributed by atoms with E-state index in [0.29, 0.717) is 6.54 Å². The minimum absolute atomic E-state index is 0.193. The zero-order valence-electron chi connectivity index (χ0n) is 9.80. The number of benzene rings is 1. The van der Waals surface area contributed by atoms with Crippen LogP contribution in [0.1, 0.15) is 31.2 Å². The van der Waals surface area contributed by atoms with Crippen LogP contribution in [0.4, 0.5) is 0 Å². The first-order valence-corrected chi connectivity index (χ1v) is 6.21. The van der Waals surface area contributed by atoms with Crippen LogP contribution in [0, 0.1) is 0 Å². The minimum Gasteiger partial charge on any atom is -0.297 e. The van der Waals surface area contributed by atoms with E-state index in [9.17, 15) is 4.79 Å². The van der Waals surface area contributed by atoms with Gasteiger partial charge in [-0.3, -0.25) is 14.7 Å². The Kier molecular flexibility index (Phi) is 2.46. The molecular weight excluding hydrogens is 212 g/mol. The van der Waals surface area contributed by atoms with Gasteiger partial charge in [0.25, 0.3) is 5.91 Å². The maximum Gasteiger partial charge on any atom is 0.255 e. The van der Waals surface area contributed by atoms with Crippen molar-refractivity contribution in [1.82, 2.24) is 4.90 Å². The normalized spacial score (nSPS) is 21.6. The lowest BCUT2D eigenvalue weighted by Crippen LogP contribution is -2.38. The topological polar surface area (TPSA) is 32.7 Å². The van der Waals surface area contributed by atoms with Crippen molar-refractivity contribution in [2.75, 3.05) is 0 Å². The summed E-state index contributed by atoms with van der Waals surface area (Å²) in [6.07, 6.45) is 5.84. The molecule has 2 aliphatic rings. The molecule has 0 atom stereocenters. The molecule has 1 aliphatic heterocycles. The molecule has 0 bridgehead atoms. The number of hydrogen-bond acceptors (Lipinski definition) is 2. The molecule has 0 saturated heterocycles. The van der Waals surface area contributed by atoms with Crippen LogP contribution in [-0.2, 0) is 11.3 Å². The highest BCUT2D eigenvalue weighted by Crippen LogP contribution is 2.37. The maximum absolute atomic E-state index is 12.3. The van der Waals surface area contributed by atoms with Gasteiger partial charge in [-0.2, -0.15) is 0 Å². The second kappa shape index (κ2) is 3.99. The van der Waals surface area contributed by atoms with E-state index in [1.807, 2.05) is 30.3 Å². The monoisotopic (exact) mass is 228 g/mol. The third kappa shape index (κ3) is 1.75. The molecule has 1 saturated carbocycles. The Balaban J connectivity index is 1.75. The molecule has 1 amide bonds. The van der Waals surface area contributed by atoms with Gasteiger partial charge in [0.05, 0.1) is 12.9 Å². The van der Waals surface area contributed by atoms with Gasteiger partial charge in [0, 0.05) is 0 Å². The molecular formula is C14H16N2O. The molecule has 3 heteroatoms. The predicted octanol–water partition coefficient (Wildman–Crippen LogP) is 2.37.